The Bertz CT molecular complexity index is 376. The summed E-state index contributed by atoms with van der Waals surface area (Å²) in [6.07, 6.45) is 2.54. The third-order valence-corrected chi connectivity index (χ3v) is 3.67. The Morgan fingerprint density at radius 2 is 1.94 bits per heavy atom. The average Bonchev–Trinajstić information content (AvgIpc) is 2.28. The van der Waals surface area contributed by atoms with Crippen LogP contribution in [0.4, 0.5) is 0 Å². The van der Waals surface area contributed by atoms with E-state index in [9.17, 15) is 4.79 Å². The molecule has 0 aliphatic carbocycles. The van der Waals surface area contributed by atoms with Crippen molar-refractivity contribution in [2.75, 3.05) is 0 Å². The molecule has 0 saturated carbocycles. The number of ketones is 1. The van der Waals surface area contributed by atoms with E-state index in [0.29, 0.717) is 0 Å². The molecule has 1 unspecified atom stereocenters. The maximum absolute atomic E-state index is 12.3. The number of carbonyl (C=O) groups is 1. The molecule has 1 atom stereocenters. The van der Waals surface area contributed by atoms with Gasteiger partial charge in [0.05, 0.1) is 5.25 Å². The maximum Gasteiger partial charge on any atom is 0.151 e. The summed E-state index contributed by atoms with van der Waals surface area (Å²) in [5.74, 6) is 0.284. The molecule has 0 N–H and O–H groups in total. The fourth-order valence-corrected chi connectivity index (χ4v) is 2.84. The van der Waals surface area contributed by atoms with Crippen LogP contribution in [0.15, 0.2) is 47.9 Å². The highest BCUT2D eigenvalue weighted by Crippen LogP contribution is 2.31. The van der Waals surface area contributed by atoms with Crippen LogP contribution in [0, 0.1) is 5.41 Å². The van der Waals surface area contributed by atoms with Crippen LogP contribution >= 0.6 is 11.8 Å². The molecule has 0 aromatic heterocycles. The van der Waals surface area contributed by atoms with Gasteiger partial charge < -0.3 is 0 Å². The second-order valence-electron chi connectivity index (χ2n) is 5.06. The first-order valence-corrected chi connectivity index (χ1v) is 6.70. The molecule has 1 rings (SSSR count). The zero-order chi connectivity index (χ0) is 12.9. The molecule has 1 nitrogen and oxygen atoms in total. The summed E-state index contributed by atoms with van der Waals surface area (Å²) in [6, 6.07) is 10.1. The van der Waals surface area contributed by atoms with Crippen LogP contribution in [0.1, 0.15) is 27.2 Å². The summed E-state index contributed by atoms with van der Waals surface area (Å²) in [4.78, 5) is 13.4. The Hall–Kier alpha value is -1.02. The summed E-state index contributed by atoms with van der Waals surface area (Å²) in [5, 5.41) is -0.0325. The summed E-state index contributed by atoms with van der Waals surface area (Å²) in [6.45, 7) is 9.65. The number of benzene rings is 1. The molecule has 0 heterocycles. The van der Waals surface area contributed by atoms with Gasteiger partial charge in [-0.25, -0.2) is 0 Å². The highest BCUT2D eigenvalue weighted by atomic mass is 32.2. The topological polar surface area (TPSA) is 17.1 Å². The molecule has 0 spiro atoms. The largest absolute Gasteiger partial charge is 0.298 e. The van der Waals surface area contributed by atoms with Gasteiger partial charge in [0.2, 0.25) is 0 Å². The van der Waals surface area contributed by atoms with Gasteiger partial charge >= 0.3 is 0 Å². The van der Waals surface area contributed by atoms with E-state index in [1.165, 1.54) is 0 Å². The monoisotopic (exact) mass is 248 g/mol. The minimum absolute atomic E-state index is 0.0325. The number of hydrogen-bond acceptors (Lipinski definition) is 2. The summed E-state index contributed by atoms with van der Waals surface area (Å²) < 4.78 is 0. The number of carbonyl (C=O) groups excluding carboxylic acids is 1. The Kier molecular flexibility index (Phi) is 5.01. The van der Waals surface area contributed by atoms with Crippen LogP contribution < -0.4 is 0 Å². The lowest BCUT2D eigenvalue weighted by atomic mass is 9.88. The van der Waals surface area contributed by atoms with Crippen LogP contribution in [0.5, 0.6) is 0 Å². The number of rotatable bonds is 5. The van der Waals surface area contributed by atoms with Crippen molar-refractivity contribution >= 4 is 17.5 Å². The second-order valence-corrected chi connectivity index (χ2v) is 6.33. The predicted molar refractivity (Wildman–Crippen MR) is 75.4 cm³/mol. The van der Waals surface area contributed by atoms with Crippen molar-refractivity contribution in [1.82, 2.24) is 0 Å². The Morgan fingerprint density at radius 3 is 2.41 bits per heavy atom. The molecule has 1 aromatic carbocycles. The molecular formula is C15H20OS. The van der Waals surface area contributed by atoms with Crippen LogP contribution in [0.2, 0.25) is 0 Å². The third kappa shape index (κ3) is 4.39. The molecule has 17 heavy (non-hydrogen) atoms. The Balaban J connectivity index is 2.80. The fourth-order valence-electron chi connectivity index (χ4n) is 1.51. The van der Waals surface area contributed by atoms with E-state index in [-0.39, 0.29) is 16.4 Å². The van der Waals surface area contributed by atoms with Gasteiger partial charge in [0.25, 0.3) is 0 Å². The Labute approximate surface area is 108 Å². The summed E-state index contributed by atoms with van der Waals surface area (Å²) in [7, 11) is 0. The first kappa shape index (κ1) is 14.0. The maximum atomic E-state index is 12.3. The SMILES string of the molecule is C=CCC(Sc1ccccc1)C(=O)C(C)(C)C. The third-order valence-electron chi connectivity index (χ3n) is 2.43. The molecule has 2 heteroatoms. The van der Waals surface area contributed by atoms with Crippen LogP contribution in [0.3, 0.4) is 0 Å². The van der Waals surface area contributed by atoms with Crippen molar-refractivity contribution in [3.8, 4) is 0 Å². The molecule has 0 fully saturated rings. The minimum Gasteiger partial charge on any atom is -0.298 e. The number of hydrogen-bond donors (Lipinski definition) is 0. The standard InChI is InChI=1S/C15H20OS/c1-5-9-13(14(16)15(2,3)4)17-12-10-7-6-8-11-12/h5-8,10-11,13H,1,9H2,2-4H3. The quantitative estimate of drug-likeness (QED) is 0.569. The molecule has 92 valence electrons. The molecule has 0 aliphatic heterocycles. The normalized spacial score (nSPS) is 13.1. The highest BCUT2D eigenvalue weighted by Gasteiger charge is 2.29. The fraction of sp³-hybridized carbons (Fsp3) is 0.400. The van der Waals surface area contributed by atoms with Crippen molar-refractivity contribution in [2.45, 2.75) is 37.3 Å². The zero-order valence-corrected chi connectivity index (χ0v) is 11.6. The summed E-state index contributed by atoms with van der Waals surface area (Å²) in [5.41, 5.74) is -0.296. The van der Waals surface area contributed by atoms with Crippen molar-refractivity contribution < 1.29 is 4.79 Å². The van der Waals surface area contributed by atoms with Gasteiger partial charge in [-0.3, -0.25) is 4.79 Å². The van der Waals surface area contributed by atoms with Gasteiger partial charge in [0, 0.05) is 10.3 Å². The predicted octanol–water partition coefficient (Wildman–Crippen LogP) is 4.34. The van der Waals surface area contributed by atoms with E-state index in [4.69, 9.17) is 0 Å². The van der Waals surface area contributed by atoms with Crippen LogP contribution in [-0.4, -0.2) is 11.0 Å². The van der Waals surface area contributed by atoms with Gasteiger partial charge in [-0.2, -0.15) is 0 Å². The molecule has 0 bridgehead atoms. The number of Topliss-reactive ketones (excluding diaryl/α,β-unsaturated/α-hetero) is 1. The molecule has 0 aliphatic rings. The lowest BCUT2D eigenvalue weighted by molar-refractivity contribution is -0.125. The molecule has 0 amide bonds. The molecular weight excluding hydrogens is 228 g/mol. The van der Waals surface area contributed by atoms with E-state index < -0.39 is 0 Å². The highest BCUT2D eigenvalue weighted by molar-refractivity contribution is 8.00. The average molecular weight is 248 g/mol. The van der Waals surface area contributed by atoms with Crippen LogP contribution in [-0.2, 0) is 4.79 Å². The second kappa shape index (κ2) is 6.06. The van der Waals surface area contributed by atoms with Crippen molar-refractivity contribution in [3.63, 3.8) is 0 Å². The first-order valence-electron chi connectivity index (χ1n) is 5.82. The molecule has 0 saturated heterocycles. The summed E-state index contributed by atoms with van der Waals surface area (Å²) >= 11 is 1.63. The van der Waals surface area contributed by atoms with Gasteiger partial charge in [0.1, 0.15) is 0 Å². The van der Waals surface area contributed by atoms with Crippen molar-refractivity contribution in [2.24, 2.45) is 5.41 Å². The van der Waals surface area contributed by atoms with E-state index in [1.54, 1.807) is 11.8 Å². The van der Waals surface area contributed by atoms with Gasteiger partial charge in [-0.1, -0.05) is 45.0 Å². The van der Waals surface area contributed by atoms with E-state index in [1.807, 2.05) is 57.2 Å². The minimum atomic E-state index is -0.296. The number of allylic oxidation sites excluding steroid dienone is 1. The van der Waals surface area contributed by atoms with Gasteiger partial charge in [0.15, 0.2) is 5.78 Å². The van der Waals surface area contributed by atoms with E-state index >= 15 is 0 Å². The van der Waals surface area contributed by atoms with Crippen molar-refractivity contribution in [3.05, 3.63) is 43.0 Å². The lowest BCUT2D eigenvalue weighted by Gasteiger charge is -2.23. The van der Waals surface area contributed by atoms with Crippen LogP contribution in [0.25, 0.3) is 0 Å². The first-order chi connectivity index (χ1) is 7.95. The Morgan fingerprint density at radius 1 is 1.35 bits per heavy atom. The van der Waals surface area contributed by atoms with E-state index in [2.05, 4.69) is 6.58 Å². The molecule has 0 radical (unpaired) electrons. The van der Waals surface area contributed by atoms with Gasteiger partial charge in [-0.15, -0.1) is 18.3 Å². The smallest absolute Gasteiger partial charge is 0.151 e. The molecule has 1 aromatic rings. The lowest BCUT2D eigenvalue weighted by Crippen LogP contribution is -2.30. The number of thioether (sulfide) groups is 1. The van der Waals surface area contributed by atoms with Gasteiger partial charge in [-0.05, 0) is 18.6 Å². The van der Waals surface area contributed by atoms with E-state index in [0.717, 1.165) is 11.3 Å². The zero-order valence-electron chi connectivity index (χ0n) is 10.8. The van der Waals surface area contributed by atoms with Crippen molar-refractivity contribution in [1.29, 1.82) is 0 Å².